The predicted octanol–water partition coefficient (Wildman–Crippen LogP) is 3.80. The van der Waals surface area contributed by atoms with Crippen LogP contribution in [0.25, 0.3) is 10.8 Å². The largest absolute Gasteiger partial charge is 0.503 e. The summed E-state index contributed by atoms with van der Waals surface area (Å²) in [6.45, 7) is 0.00933. The molecule has 0 spiro atoms. The standard InChI is InChI=1S/C16H10BrF2NO2/c17-11-2-1-10-3-4-20(16(22)12(10)7-11)8-9-5-13(18)15(21)14(19)6-9/h1-7,21H,8H2. The Morgan fingerprint density at radius 2 is 1.77 bits per heavy atom. The van der Waals surface area contributed by atoms with Crippen LogP contribution < -0.4 is 5.56 Å². The van der Waals surface area contributed by atoms with Crippen LogP contribution in [0.1, 0.15) is 5.56 Å². The molecule has 1 heterocycles. The normalized spacial score (nSPS) is 11.0. The van der Waals surface area contributed by atoms with E-state index in [1.54, 1.807) is 18.3 Å². The number of hydrogen-bond donors (Lipinski definition) is 1. The average Bonchev–Trinajstić information content (AvgIpc) is 2.48. The fourth-order valence-electron chi connectivity index (χ4n) is 2.28. The molecule has 0 aliphatic rings. The van der Waals surface area contributed by atoms with E-state index in [4.69, 9.17) is 5.11 Å². The molecule has 22 heavy (non-hydrogen) atoms. The minimum absolute atomic E-state index is 0.00933. The molecule has 3 rings (SSSR count). The van der Waals surface area contributed by atoms with E-state index >= 15 is 0 Å². The summed E-state index contributed by atoms with van der Waals surface area (Å²) in [5.41, 5.74) is -0.00284. The van der Waals surface area contributed by atoms with Crippen molar-refractivity contribution in [1.29, 1.82) is 0 Å². The first-order chi connectivity index (χ1) is 10.5. The van der Waals surface area contributed by atoms with Gasteiger partial charge in [0.1, 0.15) is 0 Å². The highest BCUT2D eigenvalue weighted by molar-refractivity contribution is 9.10. The molecule has 0 aliphatic carbocycles. The number of aromatic nitrogens is 1. The lowest BCUT2D eigenvalue weighted by Gasteiger charge is -2.09. The summed E-state index contributed by atoms with van der Waals surface area (Å²) < 4.78 is 28.9. The molecule has 0 saturated heterocycles. The molecule has 6 heteroatoms. The van der Waals surface area contributed by atoms with Crippen molar-refractivity contribution in [3.63, 3.8) is 0 Å². The van der Waals surface area contributed by atoms with Crippen LogP contribution in [0.3, 0.4) is 0 Å². The summed E-state index contributed by atoms with van der Waals surface area (Å²) in [5, 5.41) is 10.4. The number of hydrogen-bond acceptors (Lipinski definition) is 2. The van der Waals surface area contributed by atoms with E-state index in [-0.39, 0.29) is 17.7 Å². The number of benzene rings is 2. The molecular formula is C16H10BrF2NO2. The molecule has 112 valence electrons. The smallest absolute Gasteiger partial charge is 0.258 e. The quantitative estimate of drug-likeness (QED) is 0.750. The van der Waals surface area contributed by atoms with Gasteiger partial charge in [-0.2, -0.15) is 0 Å². The minimum Gasteiger partial charge on any atom is -0.503 e. The van der Waals surface area contributed by atoms with Gasteiger partial charge >= 0.3 is 0 Å². The monoisotopic (exact) mass is 365 g/mol. The Kier molecular flexibility index (Phi) is 3.70. The van der Waals surface area contributed by atoms with E-state index in [0.717, 1.165) is 22.0 Å². The van der Waals surface area contributed by atoms with Gasteiger partial charge in [-0.05, 0) is 41.3 Å². The average molecular weight is 366 g/mol. The van der Waals surface area contributed by atoms with Crippen molar-refractivity contribution >= 4 is 26.7 Å². The van der Waals surface area contributed by atoms with Crippen LogP contribution in [-0.2, 0) is 6.54 Å². The van der Waals surface area contributed by atoms with Crippen molar-refractivity contribution in [2.45, 2.75) is 6.54 Å². The summed E-state index contributed by atoms with van der Waals surface area (Å²) in [5.74, 6) is -3.11. The van der Waals surface area contributed by atoms with Crippen LogP contribution in [-0.4, -0.2) is 9.67 Å². The molecule has 0 fully saturated rings. The lowest BCUT2D eigenvalue weighted by atomic mass is 10.1. The number of aromatic hydroxyl groups is 1. The lowest BCUT2D eigenvalue weighted by Crippen LogP contribution is -2.20. The van der Waals surface area contributed by atoms with Crippen molar-refractivity contribution in [2.24, 2.45) is 0 Å². The molecule has 0 unspecified atom stereocenters. The number of fused-ring (bicyclic) bond motifs is 1. The van der Waals surface area contributed by atoms with Crippen molar-refractivity contribution in [1.82, 2.24) is 4.57 Å². The van der Waals surface area contributed by atoms with Gasteiger partial charge in [0, 0.05) is 16.1 Å². The van der Waals surface area contributed by atoms with Crippen molar-refractivity contribution < 1.29 is 13.9 Å². The van der Waals surface area contributed by atoms with Crippen molar-refractivity contribution in [2.75, 3.05) is 0 Å². The third kappa shape index (κ3) is 2.62. The molecule has 0 atom stereocenters. The van der Waals surface area contributed by atoms with Crippen LogP contribution in [0.15, 0.2) is 51.9 Å². The Balaban J connectivity index is 2.08. The number of halogens is 3. The zero-order chi connectivity index (χ0) is 15.9. The molecule has 0 radical (unpaired) electrons. The number of phenols is 1. The third-order valence-corrected chi connectivity index (χ3v) is 3.86. The lowest BCUT2D eigenvalue weighted by molar-refractivity contribution is 0.395. The molecule has 0 bridgehead atoms. The molecular weight excluding hydrogens is 356 g/mol. The second kappa shape index (κ2) is 5.53. The van der Waals surface area contributed by atoms with Crippen LogP contribution in [0.2, 0.25) is 0 Å². The van der Waals surface area contributed by atoms with E-state index in [1.807, 2.05) is 12.1 Å². The van der Waals surface area contributed by atoms with Crippen molar-refractivity contribution in [3.8, 4) is 5.75 Å². The van der Waals surface area contributed by atoms with Crippen LogP contribution in [0, 0.1) is 11.6 Å². The first kappa shape index (κ1) is 14.7. The van der Waals surface area contributed by atoms with Gasteiger partial charge in [-0.15, -0.1) is 0 Å². The summed E-state index contributed by atoms with van der Waals surface area (Å²) in [6.07, 6.45) is 1.57. The zero-order valence-electron chi connectivity index (χ0n) is 11.2. The number of phenolic OH excluding ortho intramolecular Hbond substituents is 1. The van der Waals surface area contributed by atoms with Gasteiger partial charge in [0.05, 0.1) is 6.54 Å². The first-order valence-corrected chi connectivity index (χ1v) is 7.20. The van der Waals surface area contributed by atoms with Crippen LogP contribution in [0.4, 0.5) is 8.78 Å². The minimum atomic E-state index is -1.05. The number of pyridine rings is 1. The van der Waals surface area contributed by atoms with Gasteiger partial charge in [-0.3, -0.25) is 4.79 Å². The first-order valence-electron chi connectivity index (χ1n) is 6.41. The summed E-state index contributed by atoms with van der Waals surface area (Å²) in [6, 6.07) is 9.12. The molecule has 3 nitrogen and oxygen atoms in total. The highest BCUT2D eigenvalue weighted by atomic mass is 79.9. The number of rotatable bonds is 2. The molecule has 1 N–H and O–H groups in total. The highest BCUT2D eigenvalue weighted by Crippen LogP contribution is 2.22. The topological polar surface area (TPSA) is 42.2 Å². The van der Waals surface area contributed by atoms with Gasteiger partial charge < -0.3 is 9.67 Å². The van der Waals surface area contributed by atoms with Gasteiger partial charge in [-0.1, -0.05) is 22.0 Å². The van der Waals surface area contributed by atoms with Gasteiger partial charge in [-0.25, -0.2) is 8.78 Å². The van der Waals surface area contributed by atoms with Gasteiger partial charge in [0.15, 0.2) is 17.4 Å². The Hall–Kier alpha value is -2.21. The number of nitrogens with zero attached hydrogens (tertiary/aromatic N) is 1. The zero-order valence-corrected chi connectivity index (χ0v) is 12.8. The molecule has 0 saturated carbocycles. The van der Waals surface area contributed by atoms with Crippen LogP contribution in [0.5, 0.6) is 5.75 Å². The Morgan fingerprint density at radius 1 is 1.09 bits per heavy atom. The maximum Gasteiger partial charge on any atom is 0.258 e. The predicted molar refractivity (Wildman–Crippen MR) is 83.0 cm³/mol. The third-order valence-electron chi connectivity index (χ3n) is 3.37. The molecule has 0 amide bonds. The van der Waals surface area contributed by atoms with E-state index < -0.39 is 17.4 Å². The van der Waals surface area contributed by atoms with Crippen molar-refractivity contribution in [3.05, 3.63) is 74.6 Å². The van der Waals surface area contributed by atoms with E-state index in [1.165, 1.54) is 4.57 Å². The summed E-state index contributed by atoms with van der Waals surface area (Å²) in [4.78, 5) is 12.4. The summed E-state index contributed by atoms with van der Waals surface area (Å²) >= 11 is 3.31. The summed E-state index contributed by atoms with van der Waals surface area (Å²) in [7, 11) is 0. The van der Waals surface area contributed by atoms with E-state index in [9.17, 15) is 13.6 Å². The SMILES string of the molecule is O=c1c2cc(Br)ccc2ccn1Cc1cc(F)c(O)c(F)c1. The molecule has 2 aromatic carbocycles. The van der Waals surface area contributed by atoms with E-state index in [2.05, 4.69) is 15.9 Å². The van der Waals surface area contributed by atoms with Gasteiger partial charge in [0.25, 0.3) is 5.56 Å². The molecule has 3 aromatic rings. The fraction of sp³-hybridized carbons (Fsp3) is 0.0625. The van der Waals surface area contributed by atoms with Crippen LogP contribution >= 0.6 is 15.9 Å². The second-order valence-electron chi connectivity index (χ2n) is 4.89. The Labute approximate surface area is 132 Å². The molecule has 1 aromatic heterocycles. The second-order valence-corrected chi connectivity index (χ2v) is 5.80. The van der Waals surface area contributed by atoms with Gasteiger partial charge in [0.2, 0.25) is 0 Å². The maximum atomic E-state index is 13.4. The Bertz CT molecular complexity index is 914. The fourth-order valence-corrected chi connectivity index (χ4v) is 2.64. The molecule has 0 aliphatic heterocycles. The van der Waals surface area contributed by atoms with E-state index in [0.29, 0.717) is 5.39 Å². The highest BCUT2D eigenvalue weighted by Gasteiger charge is 2.11. The Morgan fingerprint density at radius 3 is 2.45 bits per heavy atom. The maximum absolute atomic E-state index is 13.4.